The van der Waals surface area contributed by atoms with Crippen molar-refractivity contribution < 1.29 is 33.0 Å². The molecule has 2 N–H and O–H groups in total. The largest absolute Gasteiger partial charge is 0.465 e. The zero-order valence-corrected chi connectivity index (χ0v) is 20.7. The van der Waals surface area contributed by atoms with Crippen molar-refractivity contribution in [3.63, 3.8) is 0 Å². The molecule has 0 radical (unpaired) electrons. The minimum absolute atomic E-state index is 0.121. The van der Waals surface area contributed by atoms with Gasteiger partial charge in [-0.25, -0.2) is 8.78 Å². The Balaban J connectivity index is 1.59. The monoisotopic (exact) mass is 520 g/mol. The highest BCUT2D eigenvalue weighted by molar-refractivity contribution is 6.35. The maximum Gasteiger partial charge on any atom is 0.316 e. The summed E-state index contributed by atoms with van der Waals surface area (Å²) >= 11 is 5.94. The van der Waals surface area contributed by atoms with E-state index in [0.717, 1.165) is 11.6 Å². The number of nitrogens with zero attached hydrogens (tertiary/aromatic N) is 1. The van der Waals surface area contributed by atoms with Crippen LogP contribution in [0.25, 0.3) is 10.9 Å². The number of rotatable bonds is 7. The van der Waals surface area contributed by atoms with E-state index in [9.17, 15) is 23.5 Å². The van der Waals surface area contributed by atoms with Gasteiger partial charge in [-0.2, -0.15) is 0 Å². The number of aliphatic hydroxyl groups is 1. The van der Waals surface area contributed by atoms with Crippen LogP contribution in [0.4, 0.5) is 8.78 Å². The molecular formula is C26H27ClF2N2O5. The summed E-state index contributed by atoms with van der Waals surface area (Å²) in [5.41, 5.74) is 0.973. The second kappa shape index (κ2) is 10.5. The average molecular weight is 521 g/mol. The van der Waals surface area contributed by atoms with Crippen molar-refractivity contribution in [2.45, 2.75) is 31.2 Å². The summed E-state index contributed by atoms with van der Waals surface area (Å²) < 4.78 is 39.9. The topological polar surface area (TPSA) is 89.8 Å². The van der Waals surface area contributed by atoms with Crippen molar-refractivity contribution >= 4 is 34.4 Å². The number of esters is 1. The van der Waals surface area contributed by atoms with Crippen LogP contribution < -0.4 is 5.32 Å². The molecule has 10 heteroatoms. The Labute approximate surface area is 211 Å². The van der Waals surface area contributed by atoms with Gasteiger partial charge in [0.1, 0.15) is 5.69 Å². The summed E-state index contributed by atoms with van der Waals surface area (Å²) in [6.07, 6.45) is 0.992. The lowest BCUT2D eigenvalue weighted by molar-refractivity contribution is -0.154. The summed E-state index contributed by atoms with van der Waals surface area (Å²) in [7, 11) is 1.54. The van der Waals surface area contributed by atoms with E-state index in [0.29, 0.717) is 31.6 Å². The minimum Gasteiger partial charge on any atom is -0.465 e. The number of hydrogen-bond acceptors (Lipinski definition) is 5. The van der Waals surface area contributed by atoms with E-state index in [-0.39, 0.29) is 29.2 Å². The number of halogens is 3. The third-order valence-corrected chi connectivity index (χ3v) is 7.15. The van der Waals surface area contributed by atoms with Crippen LogP contribution in [0.5, 0.6) is 0 Å². The predicted molar refractivity (Wildman–Crippen MR) is 130 cm³/mol. The Hall–Kier alpha value is -3.01. The smallest absolute Gasteiger partial charge is 0.316 e. The van der Waals surface area contributed by atoms with Crippen molar-refractivity contribution in [3.05, 3.63) is 69.9 Å². The van der Waals surface area contributed by atoms with Crippen LogP contribution in [-0.2, 0) is 26.7 Å². The van der Waals surface area contributed by atoms with Crippen LogP contribution in [0, 0.1) is 11.6 Å². The van der Waals surface area contributed by atoms with E-state index in [1.165, 1.54) is 17.7 Å². The first-order valence-electron chi connectivity index (χ1n) is 11.6. The Morgan fingerprint density at radius 2 is 1.89 bits per heavy atom. The molecular weight excluding hydrogens is 494 g/mol. The molecule has 1 atom stereocenters. The summed E-state index contributed by atoms with van der Waals surface area (Å²) in [5, 5.41) is 12.5. The summed E-state index contributed by atoms with van der Waals surface area (Å²) in [4.78, 5) is 25.9. The van der Waals surface area contributed by atoms with Gasteiger partial charge in [0, 0.05) is 31.7 Å². The molecule has 1 fully saturated rings. The standard InChI is InChI=1S/C26H27ClF2N2O5/c1-3-36-25(34)26(8-10-35-11-9-26)16-6-4-15(5-7-16)19(14-32)30-24(33)21-12-17-20(31(21)2)13-18(28)23(29)22(17)27/h4-7,12-13,19,32H,3,8-11,14H2,1-2H3,(H,30,33)/t19-/m1/s1. The third-order valence-electron chi connectivity index (χ3n) is 6.78. The van der Waals surface area contributed by atoms with Crippen LogP contribution in [-0.4, -0.2) is 48.0 Å². The summed E-state index contributed by atoms with van der Waals surface area (Å²) in [6.45, 7) is 2.53. The number of amides is 1. The first-order chi connectivity index (χ1) is 17.2. The number of carbonyl (C=O) groups excluding carboxylic acids is 2. The number of aromatic nitrogens is 1. The van der Waals surface area contributed by atoms with Crippen molar-refractivity contribution in [1.82, 2.24) is 9.88 Å². The molecule has 1 aliphatic heterocycles. The zero-order chi connectivity index (χ0) is 26.0. The predicted octanol–water partition coefficient (Wildman–Crippen LogP) is 4.18. The molecule has 4 rings (SSSR count). The Kier molecular flexibility index (Phi) is 7.63. The second-order valence-electron chi connectivity index (χ2n) is 8.75. The van der Waals surface area contributed by atoms with Gasteiger partial charge in [0.15, 0.2) is 11.6 Å². The van der Waals surface area contributed by atoms with Gasteiger partial charge < -0.3 is 24.5 Å². The molecule has 192 valence electrons. The lowest BCUT2D eigenvalue weighted by atomic mass is 9.74. The molecule has 1 aliphatic rings. The molecule has 0 spiro atoms. The molecule has 1 amide bonds. The molecule has 0 unspecified atom stereocenters. The molecule has 0 saturated carbocycles. The Morgan fingerprint density at radius 3 is 2.50 bits per heavy atom. The van der Waals surface area contributed by atoms with Gasteiger partial charge in [-0.05, 0) is 37.0 Å². The maximum atomic E-state index is 13.9. The normalized spacial score (nSPS) is 16.1. The highest BCUT2D eigenvalue weighted by Gasteiger charge is 2.43. The fourth-order valence-corrected chi connectivity index (χ4v) is 4.94. The van der Waals surface area contributed by atoms with E-state index in [2.05, 4.69) is 5.32 Å². The zero-order valence-electron chi connectivity index (χ0n) is 19.9. The lowest BCUT2D eigenvalue weighted by Gasteiger charge is -2.35. The van der Waals surface area contributed by atoms with Crippen LogP contribution in [0.3, 0.4) is 0 Å². The van der Waals surface area contributed by atoms with Gasteiger partial charge in [0.25, 0.3) is 5.91 Å². The van der Waals surface area contributed by atoms with Crippen LogP contribution in [0.15, 0.2) is 36.4 Å². The number of nitrogens with one attached hydrogen (secondary N) is 1. The van der Waals surface area contributed by atoms with Gasteiger partial charge in [-0.1, -0.05) is 35.9 Å². The SMILES string of the molecule is CCOC(=O)C1(c2ccc([C@@H](CO)NC(=O)c3cc4c(Cl)c(F)c(F)cc4n3C)cc2)CCOCC1. The van der Waals surface area contributed by atoms with E-state index < -0.39 is 40.6 Å². The van der Waals surface area contributed by atoms with Crippen molar-refractivity contribution in [3.8, 4) is 0 Å². The van der Waals surface area contributed by atoms with Crippen LogP contribution in [0.2, 0.25) is 5.02 Å². The molecule has 2 aromatic carbocycles. The number of ether oxygens (including phenoxy) is 2. The number of fused-ring (bicyclic) bond motifs is 1. The van der Waals surface area contributed by atoms with Crippen molar-refractivity contribution in [2.75, 3.05) is 26.4 Å². The molecule has 2 heterocycles. The summed E-state index contributed by atoms with van der Waals surface area (Å²) in [6, 6.07) is 8.68. The van der Waals surface area contributed by atoms with Gasteiger partial charge in [0.2, 0.25) is 0 Å². The minimum atomic E-state index is -1.18. The van der Waals surface area contributed by atoms with Gasteiger partial charge in [0.05, 0.1) is 35.2 Å². The average Bonchev–Trinajstić information content (AvgIpc) is 3.22. The van der Waals surface area contributed by atoms with E-state index >= 15 is 0 Å². The van der Waals surface area contributed by atoms with Gasteiger partial charge in [-0.3, -0.25) is 9.59 Å². The van der Waals surface area contributed by atoms with Crippen LogP contribution in [0.1, 0.15) is 47.4 Å². The fraction of sp³-hybridized carbons (Fsp3) is 0.385. The maximum absolute atomic E-state index is 13.9. The first-order valence-corrected chi connectivity index (χ1v) is 12.0. The van der Waals surface area contributed by atoms with Crippen molar-refractivity contribution in [1.29, 1.82) is 0 Å². The number of hydrogen-bond donors (Lipinski definition) is 2. The molecule has 7 nitrogen and oxygen atoms in total. The Morgan fingerprint density at radius 1 is 1.22 bits per heavy atom. The number of aryl methyl sites for hydroxylation is 1. The fourth-order valence-electron chi connectivity index (χ4n) is 4.69. The van der Waals surface area contributed by atoms with Crippen molar-refractivity contribution in [2.24, 2.45) is 7.05 Å². The molecule has 3 aromatic rings. The molecule has 1 saturated heterocycles. The van der Waals surface area contributed by atoms with Crippen LogP contribution >= 0.6 is 11.6 Å². The Bertz CT molecular complexity index is 1290. The number of aliphatic hydroxyl groups excluding tert-OH is 1. The third kappa shape index (κ3) is 4.58. The molecule has 0 aliphatic carbocycles. The second-order valence-corrected chi connectivity index (χ2v) is 9.13. The van der Waals surface area contributed by atoms with E-state index in [1.807, 2.05) is 0 Å². The highest BCUT2D eigenvalue weighted by atomic mass is 35.5. The molecule has 36 heavy (non-hydrogen) atoms. The quantitative estimate of drug-likeness (QED) is 0.360. The highest BCUT2D eigenvalue weighted by Crippen LogP contribution is 2.37. The summed E-state index contributed by atoms with van der Waals surface area (Å²) in [5.74, 6) is -3.14. The molecule has 1 aromatic heterocycles. The first kappa shape index (κ1) is 26.1. The van der Waals surface area contributed by atoms with E-state index in [4.69, 9.17) is 21.1 Å². The van der Waals surface area contributed by atoms with Gasteiger partial charge >= 0.3 is 5.97 Å². The molecule has 0 bridgehead atoms. The number of carbonyl (C=O) groups is 2. The lowest BCUT2D eigenvalue weighted by Crippen LogP contribution is -2.42. The number of benzene rings is 2. The van der Waals surface area contributed by atoms with E-state index in [1.54, 1.807) is 31.2 Å². The van der Waals surface area contributed by atoms with Gasteiger partial charge in [-0.15, -0.1) is 0 Å².